The molecular weight excluding hydrogens is 232 g/mol. The summed E-state index contributed by atoms with van der Waals surface area (Å²) in [6.07, 6.45) is 17.5. The van der Waals surface area contributed by atoms with E-state index in [9.17, 15) is 5.11 Å². The highest BCUT2D eigenvalue weighted by atomic mass is 16.3. The molecule has 0 radical (unpaired) electrons. The first-order chi connectivity index (χ1) is 9.17. The molecule has 1 N–H and O–H groups in total. The number of aliphatic hydroxyl groups excluding tert-OH is 1. The highest BCUT2D eigenvalue weighted by molar-refractivity contribution is 5.36. The predicted molar refractivity (Wildman–Crippen MR) is 77.5 cm³/mol. The summed E-state index contributed by atoms with van der Waals surface area (Å²) in [7, 11) is 0. The molecule has 2 fully saturated rings. The molecule has 4 rings (SSSR count). The van der Waals surface area contributed by atoms with Crippen LogP contribution in [-0.4, -0.2) is 11.2 Å². The number of aliphatic hydroxyl groups is 1. The van der Waals surface area contributed by atoms with Gasteiger partial charge in [-0.2, -0.15) is 0 Å². The maximum absolute atomic E-state index is 10.1. The molecule has 19 heavy (non-hydrogen) atoms. The zero-order valence-corrected chi connectivity index (χ0v) is 11.8. The molecule has 4 aliphatic carbocycles. The van der Waals surface area contributed by atoms with Crippen molar-refractivity contribution in [3.8, 4) is 0 Å². The summed E-state index contributed by atoms with van der Waals surface area (Å²) in [5, 5.41) is 10.1. The van der Waals surface area contributed by atoms with Crippen LogP contribution in [0.25, 0.3) is 0 Å². The molecule has 0 bridgehead atoms. The Morgan fingerprint density at radius 1 is 1.26 bits per heavy atom. The third-order valence-corrected chi connectivity index (χ3v) is 6.43. The van der Waals surface area contributed by atoms with Gasteiger partial charge in [0.25, 0.3) is 0 Å². The van der Waals surface area contributed by atoms with Gasteiger partial charge in [0.05, 0.1) is 6.10 Å². The largest absolute Gasteiger partial charge is 0.393 e. The van der Waals surface area contributed by atoms with Gasteiger partial charge in [0, 0.05) is 5.92 Å². The van der Waals surface area contributed by atoms with E-state index in [0.717, 1.165) is 30.6 Å². The molecule has 1 heteroatoms. The lowest BCUT2D eigenvalue weighted by Gasteiger charge is -2.50. The molecular formula is C18H24O. The second-order valence-corrected chi connectivity index (χ2v) is 7.43. The molecule has 1 nitrogen and oxygen atoms in total. The van der Waals surface area contributed by atoms with E-state index in [2.05, 4.69) is 37.3 Å². The van der Waals surface area contributed by atoms with Gasteiger partial charge in [-0.15, -0.1) is 0 Å². The van der Waals surface area contributed by atoms with Crippen LogP contribution < -0.4 is 0 Å². The summed E-state index contributed by atoms with van der Waals surface area (Å²) in [6, 6.07) is 0. The number of hydrogen-bond acceptors (Lipinski definition) is 1. The lowest BCUT2D eigenvalue weighted by molar-refractivity contribution is 0.0246. The normalized spacial score (nSPS) is 51.3. The van der Waals surface area contributed by atoms with Gasteiger partial charge in [-0.25, -0.2) is 0 Å². The molecule has 0 aromatic carbocycles. The second kappa shape index (κ2) is 4.09. The van der Waals surface area contributed by atoms with Crippen LogP contribution in [0.15, 0.2) is 36.0 Å². The number of rotatable bonds is 0. The van der Waals surface area contributed by atoms with Gasteiger partial charge < -0.3 is 5.11 Å². The fourth-order valence-corrected chi connectivity index (χ4v) is 5.56. The van der Waals surface area contributed by atoms with Crippen LogP contribution in [0.5, 0.6) is 0 Å². The quantitative estimate of drug-likeness (QED) is 0.697. The monoisotopic (exact) mass is 256 g/mol. The maximum atomic E-state index is 10.1. The minimum absolute atomic E-state index is 0.0408. The van der Waals surface area contributed by atoms with Crippen LogP contribution in [0.3, 0.4) is 0 Å². The van der Waals surface area contributed by atoms with E-state index in [1.54, 1.807) is 5.57 Å². The van der Waals surface area contributed by atoms with Crippen molar-refractivity contribution in [2.75, 3.05) is 0 Å². The van der Waals surface area contributed by atoms with Crippen molar-refractivity contribution < 1.29 is 5.11 Å². The third-order valence-electron chi connectivity index (χ3n) is 6.43. The van der Waals surface area contributed by atoms with Crippen LogP contribution in [-0.2, 0) is 0 Å². The minimum atomic E-state index is -0.0408. The molecule has 1 unspecified atom stereocenters. The molecule has 0 aromatic heterocycles. The van der Waals surface area contributed by atoms with Gasteiger partial charge in [0.2, 0.25) is 0 Å². The van der Waals surface area contributed by atoms with Gasteiger partial charge in [0.1, 0.15) is 0 Å². The zero-order chi connectivity index (χ0) is 13.0. The van der Waals surface area contributed by atoms with Crippen molar-refractivity contribution in [3.05, 3.63) is 36.0 Å². The van der Waals surface area contributed by atoms with E-state index in [1.165, 1.54) is 19.3 Å². The fourth-order valence-electron chi connectivity index (χ4n) is 5.56. The van der Waals surface area contributed by atoms with E-state index in [4.69, 9.17) is 0 Å². The van der Waals surface area contributed by atoms with Crippen LogP contribution >= 0.6 is 0 Å². The third kappa shape index (κ3) is 1.71. The summed E-state index contributed by atoms with van der Waals surface area (Å²) in [4.78, 5) is 0. The van der Waals surface area contributed by atoms with Crippen molar-refractivity contribution in [1.82, 2.24) is 0 Å². The first-order valence-electron chi connectivity index (χ1n) is 7.90. The summed E-state index contributed by atoms with van der Waals surface area (Å²) in [5.41, 5.74) is 1.96. The van der Waals surface area contributed by atoms with E-state index in [-0.39, 0.29) is 6.10 Å². The van der Waals surface area contributed by atoms with Crippen LogP contribution in [0.4, 0.5) is 0 Å². The highest BCUT2D eigenvalue weighted by Crippen LogP contribution is 2.60. The second-order valence-electron chi connectivity index (χ2n) is 7.43. The van der Waals surface area contributed by atoms with E-state index < -0.39 is 0 Å². The van der Waals surface area contributed by atoms with Gasteiger partial charge >= 0.3 is 0 Å². The topological polar surface area (TPSA) is 20.2 Å². The molecule has 0 aliphatic heterocycles. The molecule has 6 atom stereocenters. The molecule has 0 aromatic rings. The predicted octanol–water partition coefficient (Wildman–Crippen LogP) is 3.86. The summed E-state index contributed by atoms with van der Waals surface area (Å²) >= 11 is 0. The zero-order valence-electron chi connectivity index (χ0n) is 11.8. The van der Waals surface area contributed by atoms with Crippen LogP contribution in [0, 0.1) is 29.1 Å². The maximum Gasteiger partial charge on any atom is 0.0548 e. The molecule has 0 heterocycles. The summed E-state index contributed by atoms with van der Waals surface area (Å²) < 4.78 is 0. The van der Waals surface area contributed by atoms with E-state index >= 15 is 0 Å². The lowest BCUT2D eigenvalue weighted by atomic mass is 9.54. The number of allylic oxidation sites excluding steroid dienone is 6. The van der Waals surface area contributed by atoms with Gasteiger partial charge in [-0.1, -0.05) is 37.3 Å². The Bertz CT molecular complexity index is 472. The first kappa shape index (κ1) is 12.0. The Morgan fingerprint density at radius 3 is 3.05 bits per heavy atom. The minimum Gasteiger partial charge on any atom is -0.393 e. The van der Waals surface area contributed by atoms with Crippen molar-refractivity contribution in [2.24, 2.45) is 29.1 Å². The van der Waals surface area contributed by atoms with Crippen LogP contribution in [0.1, 0.15) is 39.0 Å². The van der Waals surface area contributed by atoms with Crippen molar-refractivity contribution in [3.63, 3.8) is 0 Å². The smallest absolute Gasteiger partial charge is 0.0548 e. The average molecular weight is 256 g/mol. The number of hydrogen-bond donors (Lipinski definition) is 1. The number of fused-ring (bicyclic) bond motifs is 5. The van der Waals surface area contributed by atoms with Gasteiger partial charge in [-0.3, -0.25) is 0 Å². The molecule has 0 saturated heterocycles. The van der Waals surface area contributed by atoms with E-state index in [1.807, 2.05) is 0 Å². The molecule has 4 aliphatic rings. The highest BCUT2D eigenvalue weighted by Gasteiger charge is 2.53. The summed E-state index contributed by atoms with van der Waals surface area (Å²) in [5.74, 6) is 3.04. The van der Waals surface area contributed by atoms with Gasteiger partial charge in [-0.05, 0) is 60.8 Å². The standard InChI is InChI=1S/C18H24O/c1-18-9-8-15-14-5-3-2-4-12(14)6-7-16(15)17(18)10-13(19)11-18/h2-6,13-17,19H,7-11H2,1H3/t13?,14-,15+,16+,17-,18+/m0/s1. The Labute approximate surface area is 116 Å². The first-order valence-corrected chi connectivity index (χ1v) is 7.90. The summed E-state index contributed by atoms with van der Waals surface area (Å²) in [6.45, 7) is 2.43. The van der Waals surface area contributed by atoms with E-state index in [0.29, 0.717) is 11.3 Å². The Kier molecular flexibility index (Phi) is 2.57. The average Bonchev–Trinajstić information content (AvgIpc) is 2.73. The lowest BCUT2D eigenvalue weighted by Crippen LogP contribution is -2.42. The molecule has 102 valence electrons. The molecule has 0 amide bonds. The van der Waals surface area contributed by atoms with Crippen molar-refractivity contribution >= 4 is 0 Å². The Balaban J connectivity index is 1.68. The Hall–Kier alpha value is -0.820. The molecule has 0 spiro atoms. The van der Waals surface area contributed by atoms with Crippen molar-refractivity contribution in [1.29, 1.82) is 0 Å². The van der Waals surface area contributed by atoms with Crippen LogP contribution in [0.2, 0.25) is 0 Å². The molecule has 2 saturated carbocycles. The van der Waals surface area contributed by atoms with Crippen molar-refractivity contribution in [2.45, 2.75) is 45.1 Å². The van der Waals surface area contributed by atoms with Gasteiger partial charge in [0.15, 0.2) is 0 Å². The SMILES string of the molecule is C[C@]12CC[C@H]3[C@@H](CC=C4C=CC=C[C@@H]43)[C@@H]1CC(O)C2. The Morgan fingerprint density at radius 2 is 2.16 bits per heavy atom. The fraction of sp³-hybridized carbons (Fsp3) is 0.667.